The van der Waals surface area contributed by atoms with E-state index in [1.54, 1.807) is 24.1 Å². The first-order chi connectivity index (χ1) is 15.9. The molecule has 0 spiro atoms. The molecule has 0 unspecified atom stereocenters. The Morgan fingerprint density at radius 1 is 1.11 bits per heavy atom. The highest BCUT2D eigenvalue weighted by Gasteiger charge is 2.19. The summed E-state index contributed by atoms with van der Waals surface area (Å²) in [5.74, 6) is 0.296. The molecule has 8 nitrogen and oxygen atoms in total. The smallest absolute Gasteiger partial charge is 0.322 e. The summed E-state index contributed by atoms with van der Waals surface area (Å²) in [4.78, 5) is 8.64. The van der Waals surface area contributed by atoms with Crippen LogP contribution in [-0.2, 0) is 0 Å². The summed E-state index contributed by atoms with van der Waals surface area (Å²) in [6.07, 6.45) is 1.77. The van der Waals surface area contributed by atoms with Crippen LogP contribution in [-0.4, -0.2) is 32.3 Å². The van der Waals surface area contributed by atoms with E-state index in [4.69, 9.17) is 21.1 Å². The number of halogens is 3. The Morgan fingerprint density at radius 3 is 2.54 bits per heavy atom. The molecule has 0 aliphatic heterocycles. The number of pyridine rings is 1. The zero-order valence-electron chi connectivity index (χ0n) is 19.5. The second kappa shape index (κ2) is 11.8. The summed E-state index contributed by atoms with van der Waals surface area (Å²) in [5.41, 5.74) is 3.58. The van der Waals surface area contributed by atoms with Gasteiger partial charge in [-0.15, -0.1) is 17.5 Å². The van der Waals surface area contributed by atoms with Crippen LogP contribution >= 0.6 is 24.0 Å². The molecule has 0 amide bonds. The van der Waals surface area contributed by atoms with Crippen molar-refractivity contribution in [1.82, 2.24) is 19.7 Å². The number of methoxy groups -OCH3 is 1. The minimum atomic E-state index is -0.581. The van der Waals surface area contributed by atoms with Crippen molar-refractivity contribution in [2.45, 2.75) is 26.8 Å². The van der Waals surface area contributed by atoms with Gasteiger partial charge < -0.3 is 20.3 Å². The summed E-state index contributed by atoms with van der Waals surface area (Å²) >= 11 is 6.10. The number of nitrogens with one attached hydrogen (secondary N) is 1. The SMILES string of the molecule is COc1cc(Nc2nc(Oc3c(F)cccc3Cl)n(C(C)C)n2)ccc1-c1ccnc(C)c1.Cl.O. The quantitative estimate of drug-likeness (QED) is 0.312. The van der Waals surface area contributed by atoms with Gasteiger partial charge in [-0.3, -0.25) is 4.98 Å². The van der Waals surface area contributed by atoms with E-state index in [-0.39, 0.29) is 40.7 Å². The van der Waals surface area contributed by atoms with Gasteiger partial charge in [-0.25, -0.2) is 9.07 Å². The fourth-order valence-corrected chi connectivity index (χ4v) is 3.49. The first-order valence-corrected chi connectivity index (χ1v) is 10.7. The van der Waals surface area contributed by atoms with Crippen LogP contribution in [0, 0.1) is 12.7 Å². The van der Waals surface area contributed by atoms with Gasteiger partial charge >= 0.3 is 6.01 Å². The first-order valence-electron chi connectivity index (χ1n) is 10.3. The molecule has 11 heteroatoms. The van der Waals surface area contributed by atoms with Gasteiger partial charge in [0.25, 0.3) is 0 Å². The van der Waals surface area contributed by atoms with E-state index >= 15 is 0 Å². The number of ether oxygens (including phenoxy) is 2. The van der Waals surface area contributed by atoms with Crippen molar-refractivity contribution in [1.29, 1.82) is 0 Å². The predicted octanol–water partition coefficient (Wildman–Crippen LogP) is 6.16. The van der Waals surface area contributed by atoms with E-state index in [1.165, 1.54) is 12.1 Å². The number of para-hydroxylation sites is 1. The highest BCUT2D eigenvalue weighted by Crippen LogP contribution is 2.35. The second-order valence-electron chi connectivity index (χ2n) is 7.64. The Bertz CT molecular complexity index is 1280. The first kappa shape index (κ1) is 27.8. The number of anilines is 2. The number of hydrogen-bond donors (Lipinski definition) is 1. The van der Waals surface area contributed by atoms with Gasteiger partial charge in [0.1, 0.15) is 5.75 Å². The lowest BCUT2D eigenvalue weighted by atomic mass is 10.0. The fourth-order valence-electron chi connectivity index (χ4n) is 3.29. The van der Waals surface area contributed by atoms with Crippen molar-refractivity contribution < 1.29 is 19.3 Å². The lowest BCUT2D eigenvalue weighted by Crippen LogP contribution is -2.06. The molecule has 0 aliphatic rings. The minimum absolute atomic E-state index is 0. The van der Waals surface area contributed by atoms with Gasteiger partial charge in [0, 0.05) is 29.2 Å². The van der Waals surface area contributed by atoms with Crippen LogP contribution in [0.25, 0.3) is 11.1 Å². The van der Waals surface area contributed by atoms with Gasteiger partial charge in [0.05, 0.1) is 18.2 Å². The van der Waals surface area contributed by atoms with E-state index in [2.05, 4.69) is 20.4 Å². The van der Waals surface area contributed by atoms with E-state index in [0.29, 0.717) is 11.7 Å². The summed E-state index contributed by atoms with van der Waals surface area (Å²) in [6.45, 7) is 5.78. The van der Waals surface area contributed by atoms with Crippen LogP contribution in [0.4, 0.5) is 16.0 Å². The highest BCUT2D eigenvalue weighted by molar-refractivity contribution is 6.32. The molecule has 0 fully saturated rings. The van der Waals surface area contributed by atoms with Gasteiger partial charge in [-0.05, 0) is 62.7 Å². The van der Waals surface area contributed by atoms with Crippen LogP contribution in [0.15, 0.2) is 54.7 Å². The zero-order valence-corrected chi connectivity index (χ0v) is 21.1. The van der Waals surface area contributed by atoms with Crippen molar-refractivity contribution in [3.05, 3.63) is 71.3 Å². The number of aryl methyl sites for hydroxylation is 1. The van der Waals surface area contributed by atoms with Crippen LogP contribution in [0.3, 0.4) is 0 Å². The van der Waals surface area contributed by atoms with Crippen molar-refractivity contribution in [2.24, 2.45) is 0 Å². The Labute approximate surface area is 213 Å². The van der Waals surface area contributed by atoms with Crippen LogP contribution in [0.2, 0.25) is 5.02 Å². The van der Waals surface area contributed by atoms with Gasteiger partial charge in [-0.1, -0.05) is 17.7 Å². The van der Waals surface area contributed by atoms with E-state index in [1.807, 2.05) is 51.1 Å². The lowest BCUT2D eigenvalue weighted by Gasteiger charge is -2.11. The Kier molecular flexibility index (Phi) is 9.41. The van der Waals surface area contributed by atoms with Crippen molar-refractivity contribution in [3.63, 3.8) is 0 Å². The molecule has 4 aromatic rings. The molecule has 0 saturated carbocycles. The topological polar surface area (TPSA) is 106 Å². The fraction of sp³-hybridized carbons (Fsp3) is 0.208. The van der Waals surface area contributed by atoms with Crippen molar-refractivity contribution in [2.75, 3.05) is 12.4 Å². The van der Waals surface area contributed by atoms with Crippen LogP contribution < -0.4 is 14.8 Å². The van der Waals surface area contributed by atoms with Crippen LogP contribution in [0.1, 0.15) is 25.6 Å². The summed E-state index contributed by atoms with van der Waals surface area (Å²) < 4.78 is 27.1. The molecule has 2 aromatic heterocycles. The Morgan fingerprint density at radius 2 is 1.89 bits per heavy atom. The molecule has 0 aliphatic carbocycles. The average Bonchev–Trinajstić information content (AvgIpc) is 3.19. The predicted molar refractivity (Wildman–Crippen MR) is 137 cm³/mol. The molecule has 0 bridgehead atoms. The van der Waals surface area contributed by atoms with Gasteiger partial charge in [0.2, 0.25) is 5.95 Å². The summed E-state index contributed by atoms with van der Waals surface area (Å²) in [5, 5.41) is 7.77. The molecular weight excluding hydrogens is 496 g/mol. The maximum absolute atomic E-state index is 14.2. The van der Waals surface area contributed by atoms with E-state index < -0.39 is 5.82 Å². The minimum Gasteiger partial charge on any atom is -0.496 e. The maximum Gasteiger partial charge on any atom is 0.322 e. The average molecular weight is 522 g/mol. The molecular formula is C24H26Cl2FN5O3. The molecule has 2 heterocycles. The van der Waals surface area contributed by atoms with E-state index in [9.17, 15) is 4.39 Å². The second-order valence-corrected chi connectivity index (χ2v) is 8.04. The molecule has 186 valence electrons. The van der Waals surface area contributed by atoms with E-state index in [0.717, 1.165) is 22.5 Å². The molecule has 4 rings (SSSR count). The lowest BCUT2D eigenvalue weighted by molar-refractivity contribution is 0.360. The molecule has 0 radical (unpaired) electrons. The van der Waals surface area contributed by atoms with Gasteiger partial charge in [0.15, 0.2) is 11.6 Å². The number of rotatable bonds is 7. The molecule has 2 aromatic carbocycles. The van der Waals surface area contributed by atoms with Crippen LogP contribution in [0.5, 0.6) is 17.5 Å². The maximum atomic E-state index is 14.2. The third-order valence-electron chi connectivity index (χ3n) is 4.87. The number of aromatic nitrogens is 4. The number of nitrogens with zero attached hydrogens (tertiary/aromatic N) is 4. The molecule has 3 N–H and O–H groups in total. The summed E-state index contributed by atoms with van der Waals surface area (Å²) in [6, 6.07) is 14.0. The highest BCUT2D eigenvalue weighted by atomic mass is 35.5. The molecule has 35 heavy (non-hydrogen) atoms. The zero-order chi connectivity index (χ0) is 23.5. The largest absolute Gasteiger partial charge is 0.496 e. The Hall–Kier alpha value is -3.40. The van der Waals surface area contributed by atoms with Crippen molar-refractivity contribution >= 4 is 35.6 Å². The third-order valence-corrected chi connectivity index (χ3v) is 5.16. The summed E-state index contributed by atoms with van der Waals surface area (Å²) in [7, 11) is 1.62. The molecule has 0 atom stereocenters. The third kappa shape index (κ3) is 6.19. The number of hydrogen-bond acceptors (Lipinski definition) is 6. The normalized spacial score (nSPS) is 10.4. The molecule has 0 saturated heterocycles. The standard InChI is InChI=1S/C24H23ClFN5O2.ClH.H2O/c1-14(2)31-24(33-22-19(25)6-5-7-20(22)26)29-23(30-31)28-17-8-9-18(21(13-17)32-4)16-10-11-27-15(3)12-16;;/h5-14H,1-4H3,(H,28,30);1H;1H2. The van der Waals surface area contributed by atoms with Crippen molar-refractivity contribution in [3.8, 4) is 28.6 Å². The Balaban J connectivity index is 0.00000216. The number of benzene rings is 2. The monoisotopic (exact) mass is 521 g/mol. The van der Waals surface area contributed by atoms with Gasteiger partial charge in [-0.2, -0.15) is 4.98 Å².